The molecule has 1 atom stereocenters. The van der Waals surface area contributed by atoms with Crippen LogP contribution in [0.15, 0.2) is 42.5 Å². The molecule has 2 aromatic rings. The van der Waals surface area contributed by atoms with Crippen molar-refractivity contribution >= 4 is 29.2 Å². The highest BCUT2D eigenvalue weighted by molar-refractivity contribution is 5.96. The second-order valence-electron chi connectivity index (χ2n) is 6.33. The van der Waals surface area contributed by atoms with Crippen molar-refractivity contribution in [2.24, 2.45) is 0 Å². The van der Waals surface area contributed by atoms with Crippen LogP contribution in [-0.2, 0) is 19.1 Å². The van der Waals surface area contributed by atoms with Gasteiger partial charge in [-0.05, 0) is 49.7 Å². The number of aryl methyl sites for hydroxylation is 1. The number of carbonyl (C=O) groups is 3. The number of ether oxygens (including phenoxy) is 3. The molecule has 0 saturated carbocycles. The van der Waals surface area contributed by atoms with Gasteiger partial charge < -0.3 is 24.8 Å². The monoisotopic (exact) mass is 400 g/mol. The SMILES string of the molecule is COc1ccc(NC(C)=O)cc1NC(=O)COC(=O)[C@@H](C)Oc1cccc(C)c1. The second kappa shape index (κ2) is 10.1. The number of rotatable bonds is 8. The van der Waals surface area contributed by atoms with E-state index in [0.29, 0.717) is 22.9 Å². The molecule has 0 unspecified atom stereocenters. The highest BCUT2D eigenvalue weighted by Crippen LogP contribution is 2.27. The molecule has 2 N–H and O–H groups in total. The lowest BCUT2D eigenvalue weighted by Gasteiger charge is -2.15. The maximum absolute atomic E-state index is 12.2. The van der Waals surface area contributed by atoms with E-state index in [1.807, 2.05) is 19.1 Å². The van der Waals surface area contributed by atoms with Crippen LogP contribution in [0, 0.1) is 6.92 Å². The summed E-state index contributed by atoms with van der Waals surface area (Å²) in [6.07, 6.45) is -0.873. The summed E-state index contributed by atoms with van der Waals surface area (Å²) in [6, 6.07) is 12.0. The van der Waals surface area contributed by atoms with Crippen LogP contribution < -0.4 is 20.1 Å². The largest absolute Gasteiger partial charge is 0.495 e. The van der Waals surface area contributed by atoms with Crippen LogP contribution in [0.5, 0.6) is 11.5 Å². The molecule has 0 bridgehead atoms. The van der Waals surface area contributed by atoms with Gasteiger partial charge in [-0.2, -0.15) is 0 Å². The summed E-state index contributed by atoms with van der Waals surface area (Å²) in [4.78, 5) is 35.5. The van der Waals surface area contributed by atoms with E-state index in [0.717, 1.165) is 5.56 Å². The number of carbonyl (C=O) groups excluding carboxylic acids is 3. The van der Waals surface area contributed by atoms with Crippen molar-refractivity contribution < 1.29 is 28.6 Å². The third-order valence-corrected chi connectivity index (χ3v) is 3.77. The maximum Gasteiger partial charge on any atom is 0.347 e. The predicted molar refractivity (Wildman–Crippen MR) is 108 cm³/mol. The maximum atomic E-state index is 12.2. The van der Waals surface area contributed by atoms with Gasteiger partial charge in [0.2, 0.25) is 5.91 Å². The summed E-state index contributed by atoms with van der Waals surface area (Å²) in [5.74, 6) is -0.530. The minimum atomic E-state index is -0.873. The molecule has 0 aliphatic heterocycles. The first-order valence-electron chi connectivity index (χ1n) is 8.94. The second-order valence-corrected chi connectivity index (χ2v) is 6.33. The Labute approximate surface area is 169 Å². The number of nitrogens with one attached hydrogen (secondary N) is 2. The molecule has 29 heavy (non-hydrogen) atoms. The van der Waals surface area contributed by atoms with Crippen LogP contribution >= 0.6 is 0 Å². The summed E-state index contributed by atoms with van der Waals surface area (Å²) in [5.41, 5.74) is 1.83. The number of benzene rings is 2. The summed E-state index contributed by atoms with van der Waals surface area (Å²) in [7, 11) is 1.45. The zero-order chi connectivity index (χ0) is 21.4. The molecule has 0 aromatic heterocycles. The van der Waals surface area contributed by atoms with Gasteiger partial charge in [0.05, 0.1) is 12.8 Å². The highest BCUT2D eigenvalue weighted by atomic mass is 16.6. The standard InChI is InChI=1S/C21H24N2O6/c1-13-6-5-7-17(10-13)29-14(2)21(26)28-12-20(25)23-18-11-16(22-15(3)24)8-9-19(18)27-4/h5-11,14H,12H2,1-4H3,(H,22,24)(H,23,25)/t14-/m1/s1. The van der Waals surface area contributed by atoms with Gasteiger partial charge in [0, 0.05) is 12.6 Å². The molecule has 2 aromatic carbocycles. The number of hydrogen-bond acceptors (Lipinski definition) is 6. The van der Waals surface area contributed by atoms with E-state index in [1.54, 1.807) is 37.3 Å². The first kappa shape index (κ1) is 21.7. The van der Waals surface area contributed by atoms with E-state index in [1.165, 1.54) is 14.0 Å². The molecule has 0 saturated heterocycles. The molecule has 2 rings (SSSR count). The van der Waals surface area contributed by atoms with Gasteiger partial charge in [0.1, 0.15) is 11.5 Å². The van der Waals surface area contributed by atoms with E-state index in [9.17, 15) is 14.4 Å². The minimum Gasteiger partial charge on any atom is -0.495 e. The van der Waals surface area contributed by atoms with E-state index >= 15 is 0 Å². The molecule has 0 heterocycles. The van der Waals surface area contributed by atoms with E-state index < -0.39 is 24.6 Å². The Kier molecular flexibility index (Phi) is 7.59. The third-order valence-electron chi connectivity index (χ3n) is 3.77. The molecule has 0 spiro atoms. The van der Waals surface area contributed by atoms with Crippen LogP contribution in [0.25, 0.3) is 0 Å². The summed E-state index contributed by atoms with van der Waals surface area (Å²) >= 11 is 0. The van der Waals surface area contributed by atoms with Crippen LogP contribution in [0.1, 0.15) is 19.4 Å². The van der Waals surface area contributed by atoms with Gasteiger partial charge in [0.25, 0.3) is 5.91 Å². The van der Waals surface area contributed by atoms with E-state index in [-0.39, 0.29) is 5.91 Å². The molecule has 154 valence electrons. The number of hydrogen-bond donors (Lipinski definition) is 2. The van der Waals surface area contributed by atoms with Crippen molar-refractivity contribution in [1.82, 2.24) is 0 Å². The lowest BCUT2D eigenvalue weighted by molar-refractivity contribution is -0.153. The predicted octanol–water partition coefficient (Wildman–Crippen LogP) is 2.91. The first-order chi connectivity index (χ1) is 13.8. The van der Waals surface area contributed by atoms with E-state index in [4.69, 9.17) is 14.2 Å². The van der Waals surface area contributed by atoms with Crippen LogP contribution in [-0.4, -0.2) is 37.6 Å². The molecule has 0 aliphatic rings. The first-order valence-corrected chi connectivity index (χ1v) is 8.94. The van der Waals surface area contributed by atoms with Crippen molar-refractivity contribution in [3.05, 3.63) is 48.0 Å². The van der Waals surface area contributed by atoms with Gasteiger partial charge in [-0.1, -0.05) is 12.1 Å². The van der Waals surface area contributed by atoms with Gasteiger partial charge in [-0.15, -0.1) is 0 Å². The summed E-state index contributed by atoms with van der Waals surface area (Å²) < 4.78 is 15.7. The number of amides is 2. The molecule has 0 aliphatic carbocycles. The zero-order valence-corrected chi connectivity index (χ0v) is 16.8. The Balaban J connectivity index is 1.91. The average Bonchev–Trinajstić information content (AvgIpc) is 2.66. The van der Waals surface area contributed by atoms with Crippen molar-refractivity contribution in [2.45, 2.75) is 26.9 Å². The van der Waals surface area contributed by atoms with Crippen molar-refractivity contribution in [1.29, 1.82) is 0 Å². The third kappa shape index (κ3) is 6.84. The normalized spacial score (nSPS) is 11.2. The Morgan fingerprint density at radius 3 is 2.48 bits per heavy atom. The zero-order valence-electron chi connectivity index (χ0n) is 16.8. The fourth-order valence-electron chi connectivity index (χ4n) is 2.47. The summed E-state index contributed by atoms with van der Waals surface area (Å²) in [6.45, 7) is 4.34. The van der Waals surface area contributed by atoms with Crippen molar-refractivity contribution in [3.8, 4) is 11.5 Å². The molecule has 0 radical (unpaired) electrons. The molecule has 8 nitrogen and oxygen atoms in total. The fraction of sp³-hybridized carbons (Fsp3) is 0.286. The number of anilines is 2. The van der Waals surface area contributed by atoms with Gasteiger partial charge >= 0.3 is 5.97 Å². The highest BCUT2D eigenvalue weighted by Gasteiger charge is 2.18. The number of methoxy groups -OCH3 is 1. The molecular formula is C21H24N2O6. The van der Waals surface area contributed by atoms with E-state index in [2.05, 4.69) is 10.6 Å². The number of esters is 1. The van der Waals surface area contributed by atoms with Crippen LogP contribution in [0.2, 0.25) is 0 Å². The van der Waals surface area contributed by atoms with Crippen molar-refractivity contribution in [2.75, 3.05) is 24.4 Å². The van der Waals surface area contributed by atoms with Crippen LogP contribution in [0.3, 0.4) is 0 Å². The lowest BCUT2D eigenvalue weighted by Crippen LogP contribution is -2.29. The molecule has 8 heteroatoms. The summed E-state index contributed by atoms with van der Waals surface area (Å²) in [5, 5.41) is 5.21. The van der Waals surface area contributed by atoms with Gasteiger partial charge in [-0.3, -0.25) is 9.59 Å². The van der Waals surface area contributed by atoms with Gasteiger partial charge in [-0.25, -0.2) is 4.79 Å². The van der Waals surface area contributed by atoms with Crippen molar-refractivity contribution in [3.63, 3.8) is 0 Å². The Morgan fingerprint density at radius 1 is 1.07 bits per heavy atom. The smallest absolute Gasteiger partial charge is 0.347 e. The lowest BCUT2D eigenvalue weighted by atomic mass is 10.2. The Morgan fingerprint density at radius 2 is 1.83 bits per heavy atom. The minimum absolute atomic E-state index is 0.246. The Hall–Kier alpha value is -3.55. The average molecular weight is 400 g/mol. The quantitative estimate of drug-likeness (QED) is 0.661. The molecule has 2 amide bonds. The molecular weight excluding hydrogens is 376 g/mol. The van der Waals surface area contributed by atoms with Crippen LogP contribution in [0.4, 0.5) is 11.4 Å². The van der Waals surface area contributed by atoms with Gasteiger partial charge in [0.15, 0.2) is 12.7 Å². The topological polar surface area (TPSA) is 103 Å². The fourth-order valence-corrected chi connectivity index (χ4v) is 2.47. The Bertz CT molecular complexity index is 896. The molecule has 0 fully saturated rings.